The van der Waals surface area contributed by atoms with Gasteiger partial charge >= 0.3 is 5.97 Å². The number of carboxylic acids is 1. The summed E-state index contributed by atoms with van der Waals surface area (Å²) < 4.78 is 0. The molecule has 0 saturated heterocycles. The number of pyridine rings is 1. The maximum absolute atomic E-state index is 11.1. The van der Waals surface area contributed by atoms with Gasteiger partial charge in [0.2, 0.25) is 0 Å². The highest BCUT2D eigenvalue weighted by atomic mass is 35.5. The van der Waals surface area contributed by atoms with E-state index in [1.807, 2.05) is 0 Å². The number of benzene rings is 1. The zero-order valence-corrected chi connectivity index (χ0v) is 11.6. The number of halogens is 1. The predicted molar refractivity (Wildman–Crippen MR) is 77.3 cm³/mol. The highest BCUT2D eigenvalue weighted by Gasteiger charge is 2.20. The number of nitro groups is 1. The van der Waals surface area contributed by atoms with E-state index in [2.05, 4.69) is 10.3 Å². The van der Waals surface area contributed by atoms with Crippen molar-refractivity contribution in [3.8, 4) is 0 Å². The molecular weight excluding hydrogens is 298 g/mol. The third kappa shape index (κ3) is 2.92. The number of nitro benzene ring substituents is 1. The van der Waals surface area contributed by atoms with Gasteiger partial charge in [0.1, 0.15) is 17.1 Å². The van der Waals surface area contributed by atoms with Crippen LogP contribution in [0.25, 0.3) is 0 Å². The van der Waals surface area contributed by atoms with Gasteiger partial charge in [-0.25, -0.2) is 9.78 Å². The number of hydrogen-bond donors (Lipinski definition) is 2. The van der Waals surface area contributed by atoms with E-state index in [1.54, 1.807) is 6.92 Å². The summed E-state index contributed by atoms with van der Waals surface area (Å²) in [5.41, 5.74) is 0.256. The van der Waals surface area contributed by atoms with Crippen molar-refractivity contribution in [1.29, 1.82) is 0 Å². The van der Waals surface area contributed by atoms with Gasteiger partial charge in [0.25, 0.3) is 5.69 Å². The molecule has 21 heavy (non-hydrogen) atoms. The quantitative estimate of drug-likeness (QED) is 0.662. The number of rotatable bonds is 4. The number of carboxylic acid groups (broad SMARTS) is 1. The zero-order chi connectivity index (χ0) is 15.6. The van der Waals surface area contributed by atoms with E-state index in [1.165, 1.54) is 30.5 Å². The molecule has 7 nitrogen and oxygen atoms in total. The molecule has 108 valence electrons. The predicted octanol–water partition coefficient (Wildman–Crippen LogP) is 3.39. The first-order chi connectivity index (χ1) is 9.91. The Balaban J connectivity index is 2.57. The van der Waals surface area contributed by atoms with Gasteiger partial charge in [0, 0.05) is 17.3 Å². The normalized spacial score (nSPS) is 10.2. The van der Waals surface area contributed by atoms with Crippen LogP contribution < -0.4 is 5.32 Å². The molecule has 0 atom stereocenters. The van der Waals surface area contributed by atoms with Crippen LogP contribution in [0.3, 0.4) is 0 Å². The fraction of sp³-hybridized carbons (Fsp3) is 0.0769. The monoisotopic (exact) mass is 307 g/mol. The number of aromatic nitrogens is 1. The van der Waals surface area contributed by atoms with Gasteiger partial charge in [-0.3, -0.25) is 10.1 Å². The number of aromatic carboxylic acids is 1. The molecule has 0 aliphatic carbocycles. The van der Waals surface area contributed by atoms with Crippen LogP contribution in [0.4, 0.5) is 17.2 Å². The summed E-state index contributed by atoms with van der Waals surface area (Å²) in [5, 5.41) is 23.2. The fourth-order valence-corrected chi connectivity index (χ4v) is 1.94. The molecule has 0 unspecified atom stereocenters. The van der Waals surface area contributed by atoms with Gasteiger partial charge in [-0.05, 0) is 30.7 Å². The molecule has 1 aromatic heterocycles. The highest BCUT2D eigenvalue weighted by Crippen LogP contribution is 2.35. The summed E-state index contributed by atoms with van der Waals surface area (Å²) in [5.74, 6) is -1.17. The molecule has 1 aromatic carbocycles. The Bertz CT molecular complexity index is 733. The molecular formula is C13H10ClN3O4. The second-order valence-electron chi connectivity index (χ2n) is 4.15. The standard InChI is InChI=1S/C13H10ClN3O4/c1-7-9(14)4-5-10(17(20)21)11(7)16-12-8(13(18)19)3-2-6-15-12/h2-6H,1H3,(H,15,16)(H,18,19). The lowest BCUT2D eigenvalue weighted by molar-refractivity contribution is -0.384. The Labute approximate surface area is 124 Å². The SMILES string of the molecule is Cc1c(Cl)ccc([N+](=O)[O-])c1Nc1ncccc1C(=O)O. The largest absolute Gasteiger partial charge is 0.478 e. The van der Waals surface area contributed by atoms with Gasteiger partial charge < -0.3 is 10.4 Å². The Kier molecular flexibility index (Phi) is 4.04. The number of hydrogen-bond acceptors (Lipinski definition) is 5. The molecule has 0 aliphatic heterocycles. The van der Waals surface area contributed by atoms with Crippen LogP contribution in [-0.4, -0.2) is 21.0 Å². The number of nitrogens with zero attached hydrogens (tertiary/aromatic N) is 2. The molecule has 0 fully saturated rings. The number of carbonyl (C=O) groups is 1. The minimum atomic E-state index is -1.19. The van der Waals surface area contributed by atoms with Gasteiger partial charge in [-0.15, -0.1) is 0 Å². The van der Waals surface area contributed by atoms with E-state index in [0.717, 1.165) is 0 Å². The van der Waals surface area contributed by atoms with E-state index < -0.39 is 10.9 Å². The molecule has 0 bridgehead atoms. The summed E-state index contributed by atoms with van der Waals surface area (Å²) in [6, 6.07) is 5.48. The van der Waals surface area contributed by atoms with Crippen LogP contribution in [0.1, 0.15) is 15.9 Å². The minimum absolute atomic E-state index is 0.0125. The first-order valence-corrected chi connectivity index (χ1v) is 6.18. The van der Waals surface area contributed by atoms with Gasteiger partial charge in [-0.2, -0.15) is 0 Å². The minimum Gasteiger partial charge on any atom is -0.478 e. The van der Waals surface area contributed by atoms with Crippen molar-refractivity contribution in [3.05, 3.63) is 56.7 Å². The van der Waals surface area contributed by atoms with Crippen molar-refractivity contribution in [2.24, 2.45) is 0 Å². The number of nitrogens with one attached hydrogen (secondary N) is 1. The van der Waals surface area contributed by atoms with Crippen LogP contribution in [0.2, 0.25) is 5.02 Å². The molecule has 0 spiro atoms. The lowest BCUT2D eigenvalue weighted by Crippen LogP contribution is -2.07. The lowest BCUT2D eigenvalue weighted by atomic mass is 10.1. The summed E-state index contributed by atoms with van der Waals surface area (Å²) >= 11 is 5.96. The van der Waals surface area contributed by atoms with Gasteiger partial charge in [-0.1, -0.05) is 11.6 Å². The van der Waals surface area contributed by atoms with Crippen LogP contribution in [-0.2, 0) is 0 Å². The first kappa shape index (κ1) is 14.7. The van der Waals surface area contributed by atoms with Crippen molar-refractivity contribution in [3.63, 3.8) is 0 Å². The molecule has 2 rings (SSSR count). The molecule has 0 amide bonds. The fourth-order valence-electron chi connectivity index (χ4n) is 1.78. The summed E-state index contributed by atoms with van der Waals surface area (Å²) in [7, 11) is 0. The van der Waals surface area contributed by atoms with E-state index in [4.69, 9.17) is 16.7 Å². The maximum atomic E-state index is 11.1. The summed E-state index contributed by atoms with van der Waals surface area (Å²) in [6.45, 7) is 1.60. The van der Waals surface area contributed by atoms with Gasteiger partial charge in [0.05, 0.1) is 4.92 Å². The van der Waals surface area contributed by atoms with Gasteiger partial charge in [0.15, 0.2) is 0 Å². The van der Waals surface area contributed by atoms with E-state index in [0.29, 0.717) is 10.6 Å². The molecule has 0 aliphatic rings. The average Bonchev–Trinajstić information content (AvgIpc) is 2.44. The van der Waals surface area contributed by atoms with Crippen LogP contribution in [0, 0.1) is 17.0 Å². The Hall–Kier alpha value is -2.67. The molecule has 0 saturated carbocycles. The molecule has 2 aromatic rings. The van der Waals surface area contributed by atoms with Crippen molar-refractivity contribution in [1.82, 2.24) is 4.98 Å². The lowest BCUT2D eigenvalue weighted by Gasteiger charge is -2.12. The Morgan fingerprint density at radius 3 is 2.76 bits per heavy atom. The molecule has 2 N–H and O–H groups in total. The van der Waals surface area contributed by atoms with E-state index in [-0.39, 0.29) is 22.8 Å². The van der Waals surface area contributed by atoms with Crippen LogP contribution in [0.5, 0.6) is 0 Å². The smallest absolute Gasteiger partial charge is 0.339 e. The Morgan fingerprint density at radius 2 is 2.14 bits per heavy atom. The summed E-state index contributed by atoms with van der Waals surface area (Å²) in [4.78, 5) is 25.6. The molecule has 0 radical (unpaired) electrons. The zero-order valence-electron chi connectivity index (χ0n) is 10.8. The topological polar surface area (TPSA) is 105 Å². The molecule has 8 heteroatoms. The van der Waals surface area contributed by atoms with Crippen molar-refractivity contribution in [2.45, 2.75) is 6.92 Å². The van der Waals surface area contributed by atoms with Crippen molar-refractivity contribution in [2.75, 3.05) is 5.32 Å². The third-order valence-electron chi connectivity index (χ3n) is 2.86. The van der Waals surface area contributed by atoms with Crippen molar-refractivity contribution >= 4 is 34.8 Å². The van der Waals surface area contributed by atoms with Crippen molar-refractivity contribution < 1.29 is 14.8 Å². The van der Waals surface area contributed by atoms with Crippen LogP contribution in [0.15, 0.2) is 30.5 Å². The van der Waals surface area contributed by atoms with E-state index >= 15 is 0 Å². The maximum Gasteiger partial charge on any atom is 0.339 e. The number of anilines is 2. The summed E-state index contributed by atoms with van der Waals surface area (Å²) in [6.07, 6.45) is 1.39. The second kappa shape index (κ2) is 5.76. The molecule has 1 heterocycles. The first-order valence-electron chi connectivity index (χ1n) is 5.80. The highest BCUT2D eigenvalue weighted by molar-refractivity contribution is 6.31. The Morgan fingerprint density at radius 1 is 1.43 bits per heavy atom. The third-order valence-corrected chi connectivity index (χ3v) is 3.26. The average molecular weight is 308 g/mol. The van der Waals surface area contributed by atoms with Crippen LogP contribution >= 0.6 is 11.6 Å². The second-order valence-corrected chi connectivity index (χ2v) is 4.56. The van der Waals surface area contributed by atoms with E-state index in [9.17, 15) is 14.9 Å².